The van der Waals surface area contributed by atoms with Crippen LogP contribution in [0.1, 0.15) is 19.8 Å². The van der Waals surface area contributed by atoms with Gasteiger partial charge in [-0.05, 0) is 19.8 Å². The summed E-state index contributed by atoms with van der Waals surface area (Å²) in [6, 6.07) is 0.286. The molecule has 0 amide bonds. The fourth-order valence-electron chi connectivity index (χ4n) is 1.88. The highest BCUT2D eigenvalue weighted by Crippen LogP contribution is 2.25. The first-order chi connectivity index (χ1) is 8.65. The maximum Gasteiger partial charge on any atom is 0.322 e. The normalized spacial score (nSPS) is 22.8. The Labute approximate surface area is 106 Å². The van der Waals surface area contributed by atoms with E-state index in [0.717, 1.165) is 19.4 Å². The van der Waals surface area contributed by atoms with Gasteiger partial charge < -0.3 is 20.1 Å². The Morgan fingerprint density at radius 2 is 2.11 bits per heavy atom. The molecule has 0 radical (unpaired) electrons. The summed E-state index contributed by atoms with van der Waals surface area (Å²) in [5, 5.41) is 6.04. The molecule has 1 saturated heterocycles. The number of anilines is 2. The van der Waals surface area contributed by atoms with Gasteiger partial charge in [-0.2, -0.15) is 15.0 Å². The third-order valence-corrected chi connectivity index (χ3v) is 2.94. The second kappa shape index (κ2) is 5.34. The number of hydrogen-bond acceptors (Lipinski definition) is 7. The average molecular weight is 253 g/mol. The monoisotopic (exact) mass is 253 g/mol. The molecular weight excluding hydrogens is 234 g/mol. The SMILES string of the molecule is CNc1nc(NCC2(C)CCCO2)nc(OC)n1. The van der Waals surface area contributed by atoms with Crippen LogP contribution in [0.4, 0.5) is 11.9 Å². The summed E-state index contributed by atoms with van der Waals surface area (Å²) < 4.78 is 10.7. The number of hydrogen-bond donors (Lipinski definition) is 2. The lowest BCUT2D eigenvalue weighted by atomic mass is 10.0. The van der Waals surface area contributed by atoms with Gasteiger partial charge in [0.15, 0.2) is 0 Å². The highest BCUT2D eigenvalue weighted by molar-refractivity contribution is 5.35. The van der Waals surface area contributed by atoms with Crippen LogP contribution in [0.25, 0.3) is 0 Å². The molecule has 0 aromatic carbocycles. The molecular formula is C11H19N5O2. The Balaban J connectivity index is 2.04. The minimum Gasteiger partial charge on any atom is -0.467 e. The predicted octanol–water partition coefficient (Wildman–Crippen LogP) is 0.903. The van der Waals surface area contributed by atoms with Gasteiger partial charge in [0.1, 0.15) is 0 Å². The van der Waals surface area contributed by atoms with E-state index < -0.39 is 0 Å². The molecule has 1 aromatic rings. The molecule has 0 spiro atoms. The summed E-state index contributed by atoms with van der Waals surface area (Å²) in [5.41, 5.74) is -0.139. The van der Waals surface area contributed by atoms with Crippen molar-refractivity contribution in [1.29, 1.82) is 0 Å². The summed E-state index contributed by atoms with van der Waals surface area (Å²) in [5.74, 6) is 0.963. The molecule has 7 heteroatoms. The topological polar surface area (TPSA) is 81.2 Å². The first-order valence-electron chi connectivity index (χ1n) is 6.01. The van der Waals surface area contributed by atoms with Crippen molar-refractivity contribution in [3.63, 3.8) is 0 Å². The zero-order valence-corrected chi connectivity index (χ0v) is 11.0. The van der Waals surface area contributed by atoms with Crippen LogP contribution in [0.2, 0.25) is 0 Å². The van der Waals surface area contributed by atoms with Crippen molar-refractivity contribution in [1.82, 2.24) is 15.0 Å². The van der Waals surface area contributed by atoms with E-state index in [9.17, 15) is 0 Å². The zero-order chi connectivity index (χ0) is 13.0. The molecule has 1 fully saturated rings. The van der Waals surface area contributed by atoms with Crippen LogP contribution in [0.3, 0.4) is 0 Å². The van der Waals surface area contributed by atoms with Crippen LogP contribution >= 0.6 is 0 Å². The third kappa shape index (κ3) is 2.98. The zero-order valence-electron chi connectivity index (χ0n) is 11.0. The summed E-state index contributed by atoms with van der Waals surface area (Å²) in [6.45, 7) is 3.58. The van der Waals surface area contributed by atoms with Gasteiger partial charge >= 0.3 is 6.01 Å². The molecule has 1 aromatic heterocycles. The van der Waals surface area contributed by atoms with E-state index in [-0.39, 0.29) is 11.6 Å². The van der Waals surface area contributed by atoms with Gasteiger partial charge in [-0.1, -0.05) is 0 Å². The Kier molecular flexibility index (Phi) is 3.81. The quantitative estimate of drug-likeness (QED) is 0.807. The summed E-state index contributed by atoms with van der Waals surface area (Å²) >= 11 is 0. The second-order valence-electron chi connectivity index (χ2n) is 4.47. The molecule has 18 heavy (non-hydrogen) atoms. The molecule has 1 aliphatic heterocycles. The summed E-state index contributed by atoms with van der Waals surface area (Å²) in [4.78, 5) is 12.4. The Morgan fingerprint density at radius 1 is 1.33 bits per heavy atom. The number of rotatable bonds is 5. The minimum atomic E-state index is -0.139. The molecule has 2 heterocycles. The Hall–Kier alpha value is -1.63. The maximum absolute atomic E-state index is 5.69. The fourth-order valence-corrected chi connectivity index (χ4v) is 1.88. The van der Waals surface area contributed by atoms with E-state index in [1.165, 1.54) is 7.11 Å². The van der Waals surface area contributed by atoms with Gasteiger partial charge in [0.25, 0.3) is 0 Å². The van der Waals surface area contributed by atoms with Crippen molar-refractivity contribution in [3.8, 4) is 6.01 Å². The molecule has 0 bridgehead atoms. The van der Waals surface area contributed by atoms with E-state index in [1.807, 2.05) is 0 Å². The van der Waals surface area contributed by atoms with Crippen LogP contribution in [0.15, 0.2) is 0 Å². The minimum absolute atomic E-state index is 0.139. The van der Waals surface area contributed by atoms with Gasteiger partial charge in [-0.15, -0.1) is 0 Å². The lowest BCUT2D eigenvalue weighted by Gasteiger charge is -2.23. The molecule has 100 valence electrons. The van der Waals surface area contributed by atoms with Crippen LogP contribution in [-0.2, 0) is 4.74 Å². The molecule has 2 N–H and O–H groups in total. The summed E-state index contributed by atoms with van der Waals surface area (Å²) in [6.07, 6.45) is 2.14. The Bertz CT molecular complexity index is 384. The average Bonchev–Trinajstić information content (AvgIpc) is 2.83. The van der Waals surface area contributed by atoms with E-state index in [2.05, 4.69) is 32.5 Å². The smallest absolute Gasteiger partial charge is 0.322 e. The maximum atomic E-state index is 5.69. The Morgan fingerprint density at radius 3 is 2.72 bits per heavy atom. The predicted molar refractivity (Wildman–Crippen MR) is 68.0 cm³/mol. The molecule has 7 nitrogen and oxygen atoms in total. The van der Waals surface area contributed by atoms with Crippen LogP contribution in [0.5, 0.6) is 6.01 Å². The lowest BCUT2D eigenvalue weighted by Crippen LogP contribution is -2.33. The number of nitrogens with one attached hydrogen (secondary N) is 2. The number of methoxy groups -OCH3 is 1. The largest absolute Gasteiger partial charge is 0.467 e. The van der Waals surface area contributed by atoms with E-state index in [1.54, 1.807) is 7.05 Å². The van der Waals surface area contributed by atoms with E-state index in [0.29, 0.717) is 18.4 Å². The van der Waals surface area contributed by atoms with Gasteiger partial charge in [-0.3, -0.25) is 0 Å². The van der Waals surface area contributed by atoms with Crippen LogP contribution in [0, 0.1) is 0 Å². The van der Waals surface area contributed by atoms with Crippen molar-refractivity contribution in [2.45, 2.75) is 25.4 Å². The number of nitrogens with zero attached hydrogens (tertiary/aromatic N) is 3. The highest BCUT2D eigenvalue weighted by Gasteiger charge is 2.29. The lowest BCUT2D eigenvalue weighted by molar-refractivity contribution is 0.0314. The molecule has 0 aliphatic carbocycles. The van der Waals surface area contributed by atoms with Gasteiger partial charge in [0.2, 0.25) is 11.9 Å². The van der Waals surface area contributed by atoms with Crippen molar-refractivity contribution < 1.29 is 9.47 Å². The van der Waals surface area contributed by atoms with E-state index in [4.69, 9.17) is 9.47 Å². The van der Waals surface area contributed by atoms with Crippen molar-refractivity contribution in [2.24, 2.45) is 0 Å². The van der Waals surface area contributed by atoms with Crippen molar-refractivity contribution in [3.05, 3.63) is 0 Å². The third-order valence-electron chi connectivity index (χ3n) is 2.94. The first kappa shape index (κ1) is 12.8. The molecule has 2 rings (SSSR count). The van der Waals surface area contributed by atoms with Crippen LogP contribution < -0.4 is 15.4 Å². The van der Waals surface area contributed by atoms with Crippen molar-refractivity contribution in [2.75, 3.05) is 37.9 Å². The molecule has 0 saturated carbocycles. The van der Waals surface area contributed by atoms with E-state index >= 15 is 0 Å². The van der Waals surface area contributed by atoms with Crippen molar-refractivity contribution >= 4 is 11.9 Å². The van der Waals surface area contributed by atoms with Crippen LogP contribution in [-0.4, -0.2) is 47.9 Å². The number of ether oxygens (including phenoxy) is 2. The fraction of sp³-hybridized carbons (Fsp3) is 0.727. The second-order valence-corrected chi connectivity index (χ2v) is 4.47. The first-order valence-corrected chi connectivity index (χ1v) is 6.01. The molecule has 1 aliphatic rings. The highest BCUT2D eigenvalue weighted by atomic mass is 16.5. The number of aromatic nitrogens is 3. The molecule has 1 unspecified atom stereocenters. The van der Waals surface area contributed by atoms with Gasteiger partial charge in [-0.25, -0.2) is 0 Å². The standard InChI is InChI=1S/C11H19N5O2/c1-11(5-4-6-18-11)7-13-9-14-8(12-2)15-10(16-9)17-3/h4-7H2,1-3H3,(H2,12,13,14,15,16). The summed E-state index contributed by atoms with van der Waals surface area (Å²) in [7, 11) is 3.28. The van der Waals surface area contributed by atoms with Gasteiger partial charge in [0.05, 0.1) is 12.7 Å². The molecule has 1 atom stereocenters. The van der Waals surface area contributed by atoms with Gasteiger partial charge in [0, 0.05) is 20.2 Å².